The van der Waals surface area contributed by atoms with Crippen LogP contribution in [0.4, 0.5) is 0 Å². The minimum atomic E-state index is 0.371. The highest BCUT2D eigenvalue weighted by molar-refractivity contribution is 7.98. The van der Waals surface area contributed by atoms with Gasteiger partial charge in [-0.15, -0.1) is 0 Å². The number of aromatic nitrogens is 2. The Morgan fingerprint density at radius 1 is 1.22 bits per heavy atom. The summed E-state index contributed by atoms with van der Waals surface area (Å²) in [5, 5.41) is 1.64. The summed E-state index contributed by atoms with van der Waals surface area (Å²) < 4.78 is 5.56. The molecule has 0 saturated heterocycles. The quantitative estimate of drug-likeness (QED) is 0.484. The van der Waals surface area contributed by atoms with Crippen LogP contribution in [-0.4, -0.2) is 16.2 Å². The fraction of sp³-hybridized carbons (Fsp3) is 0.167. The Kier molecular flexibility index (Phi) is 4.69. The molecular weight excluding hydrogens is 291 g/mol. The maximum absolute atomic E-state index is 5.89. The first-order chi connectivity index (χ1) is 8.67. The molecule has 0 aliphatic rings. The lowest BCUT2D eigenvalue weighted by molar-refractivity contribution is 0.290. The summed E-state index contributed by atoms with van der Waals surface area (Å²) in [6.07, 6.45) is 1.88. The normalized spacial score (nSPS) is 10.4. The molecule has 0 N–H and O–H groups in total. The first-order valence-corrected chi connectivity index (χ1v) is 7.11. The third-order valence-corrected chi connectivity index (χ3v) is 3.09. The van der Waals surface area contributed by atoms with Crippen LogP contribution in [-0.2, 0) is 6.61 Å². The van der Waals surface area contributed by atoms with Crippen LogP contribution in [0.25, 0.3) is 0 Å². The van der Waals surface area contributed by atoms with E-state index in [0.717, 1.165) is 5.56 Å². The minimum Gasteiger partial charge on any atom is -0.473 e. The zero-order chi connectivity index (χ0) is 13.0. The second-order valence-corrected chi connectivity index (χ2v) is 5.03. The van der Waals surface area contributed by atoms with Gasteiger partial charge in [0.25, 0.3) is 0 Å². The van der Waals surface area contributed by atoms with Crippen molar-refractivity contribution >= 4 is 35.0 Å². The predicted octanol–water partition coefficient (Wildman–Crippen LogP) is 4.08. The van der Waals surface area contributed by atoms with Gasteiger partial charge in [-0.3, -0.25) is 0 Å². The van der Waals surface area contributed by atoms with E-state index in [-0.39, 0.29) is 0 Å². The Morgan fingerprint density at radius 2 is 2.06 bits per heavy atom. The van der Waals surface area contributed by atoms with Gasteiger partial charge in [-0.05, 0) is 24.0 Å². The van der Waals surface area contributed by atoms with Crippen LogP contribution in [0.1, 0.15) is 5.56 Å². The number of thioether (sulfide) groups is 1. The van der Waals surface area contributed by atoms with Crippen molar-refractivity contribution in [2.45, 2.75) is 11.8 Å². The van der Waals surface area contributed by atoms with Crippen LogP contribution in [0.2, 0.25) is 10.2 Å². The number of hydrogen-bond donors (Lipinski definition) is 0. The Labute approximate surface area is 120 Å². The zero-order valence-electron chi connectivity index (χ0n) is 9.56. The van der Waals surface area contributed by atoms with Gasteiger partial charge in [0, 0.05) is 11.1 Å². The zero-order valence-corrected chi connectivity index (χ0v) is 11.9. The van der Waals surface area contributed by atoms with E-state index in [1.54, 1.807) is 6.07 Å². The lowest BCUT2D eigenvalue weighted by atomic mass is 10.2. The molecule has 6 heteroatoms. The highest BCUT2D eigenvalue weighted by Gasteiger charge is 2.04. The molecule has 0 bridgehead atoms. The molecule has 0 spiro atoms. The van der Waals surface area contributed by atoms with Crippen molar-refractivity contribution in [3.05, 3.63) is 46.1 Å². The second kappa shape index (κ2) is 6.27. The highest BCUT2D eigenvalue weighted by Crippen LogP contribution is 2.20. The van der Waals surface area contributed by atoms with Crippen molar-refractivity contribution in [2.24, 2.45) is 0 Å². The molecule has 0 radical (unpaired) electrons. The first-order valence-electron chi connectivity index (χ1n) is 5.13. The third-order valence-electron chi connectivity index (χ3n) is 2.11. The Morgan fingerprint density at radius 3 is 2.78 bits per heavy atom. The minimum absolute atomic E-state index is 0.371. The van der Waals surface area contributed by atoms with E-state index in [0.29, 0.717) is 27.8 Å². The lowest BCUT2D eigenvalue weighted by Gasteiger charge is -2.06. The van der Waals surface area contributed by atoms with Crippen molar-refractivity contribution in [2.75, 3.05) is 6.26 Å². The predicted molar refractivity (Wildman–Crippen MR) is 74.6 cm³/mol. The van der Waals surface area contributed by atoms with E-state index in [2.05, 4.69) is 9.97 Å². The first kappa shape index (κ1) is 13.5. The highest BCUT2D eigenvalue weighted by atomic mass is 35.5. The van der Waals surface area contributed by atoms with E-state index in [4.69, 9.17) is 27.9 Å². The van der Waals surface area contributed by atoms with Gasteiger partial charge in [0.2, 0.25) is 5.88 Å². The molecule has 1 aromatic heterocycles. The molecule has 0 atom stereocenters. The van der Waals surface area contributed by atoms with Gasteiger partial charge < -0.3 is 4.74 Å². The molecule has 0 amide bonds. The molecule has 2 rings (SSSR count). The van der Waals surface area contributed by atoms with E-state index >= 15 is 0 Å². The summed E-state index contributed by atoms with van der Waals surface area (Å²) in [5.74, 6) is 0.458. The van der Waals surface area contributed by atoms with Gasteiger partial charge in [-0.1, -0.05) is 47.1 Å². The van der Waals surface area contributed by atoms with Gasteiger partial charge in [0.1, 0.15) is 11.8 Å². The van der Waals surface area contributed by atoms with E-state index in [9.17, 15) is 0 Å². The summed E-state index contributed by atoms with van der Waals surface area (Å²) in [5.41, 5.74) is 0.975. The van der Waals surface area contributed by atoms with Crippen LogP contribution >= 0.6 is 35.0 Å². The molecule has 0 fully saturated rings. The number of ether oxygens (including phenoxy) is 1. The standard InChI is InChI=1S/C12H10Cl2N2OS/c1-18-12-15-10(14)6-11(16-12)17-7-8-3-2-4-9(13)5-8/h2-6H,7H2,1H3. The van der Waals surface area contributed by atoms with E-state index < -0.39 is 0 Å². The molecular formula is C12H10Cl2N2OS. The molecule has 0 aliphatic heterocycles. The summed E-state index contributed by atoms with van der Waals surface area (Å²) in [4.78, 5) is 8.24. The van der Waals surface area contributed by atoms with Crippen LogP contribution < -0.4 is 4.74 Å². The molecule has 0 aliphatic carbocycles. The molecule has 1 aromatic carbocycles. The molecule has 0 saturated carbocycles. The Balaban J connectivity index is 2.08. The average Bonchev–Trinajstić information content (AvgIpc) is 2.36. The van der Waals surface area contributed by atoms with Crippen LogP contribution in [0, 0.1) is 0 Å². The number of nitrogens with zero attached hydrogens (tertiary/aromatic N) is 2. The summed E-state index contributed by atoms with van der Waals surface area (Å²) >= 11 is 13.2. The summed E-state index contributed by atoms with van der Waals surface area (Å²) in [6.45, 7) is 0.391. The Hall–Kier alpha value is -0.970. The number of halogens is 2. The van der Waals surface area contributed by atoms with Crippen LogP contribution in [0.15, 0.2) is 35.5 Å². The number of rotatable bonds is 4. The van der Waals surface area contributed by atoms with Gasteiger partial charge in [-0.25, -0.2) is 4.98 Å². The van der Waals surface area contributed by atoms with Gasteiger partial charge in [0.15, 0.2) is 5.16 Å². The largest absolute Gasteiger partial charge is 0.473 e. The van der Waals surface area contributed by atoms with E-state index in [1.807, 2.05) is 30.5 Å². The molecule has 3 nitrogen and oxygen atoms in total. The van der Waals surface area contributed by atoms with Gasteiger partial charge >= 0.3 is 0 Å². The SMILES string of the molecule is CSc1nc(Cl)cc(OCc2cccc(Cl)c2)n1. The lowest BCUT2D eigenvalue weighted by Crippen LogP contribution is -1.99. The molecule has 2 aromatic rings. The van der Waals surface area contributed by atoms with Crippen molar-refractivity contribution in [3.63, 3.8) is 0 Å². The smallest absolute Gasteiger partial charge is 0.219 e. The van der Waals surface area contributed by atoms with Crippen LogP contribution in [0.5, 0.6) is 5.88 Å². The van der Waals surface area contributed by atoms with E-state index in [1.165, 1.54) is 11.8 Å². The number of benzene rings is 1. The third kappa shape index (κ3) is 3.77. The fourth-order valence-corrected chi connectivity index (χ4v) is 2.13. The Bertz CT molecular complexity index is 551. The molecule has 18 heavy (non-hydrogen) atoms. The topological polar surface area (TPSA) is 35.0 Å². The fourth-order valence-electron chi connectivity index (χ4n) is 1.33. The van der Waals surface area contributed by atoms with Crippen molar-refractivity contribution < 1.29 is 4.74 Å². The van der Waals surface area contributed by atoms with Crippen LogP contribution in [0.3, 0.4) is 0 Å². The average molecular weight is 301 g/mol. The maximum atomic E-state index is 5.89. The monoisotopic (exact) mass is 300 g/mol. The summed E-state index contributed by atoms with van der Waals surface area (Å²) in [6, 6.07) is 9.07. The molecule has 1 heterocycles. The molecule has 94 valence electrons. The van der Waals surface area contributed by atoms with Crippen molar-refractivity contribution in [3.8, 4) is 5.88 Å². The van der Waals surface area contributed by atoms with Gasteiger partial charge in [-0.2, -0.15) is 4.98 Å². The molecule has 0 unspecified atom stereocenters. The van der Waals surface area contributed by atoms with Crippen molar-refractivity contribution in [1.82, 2.24) is 9.97 Å². The van der Waals surface area contributed by atoms with Gasteiger partial charge in [0.05, 0.1) is 0 Å². The van der Waals surface area contributed by atoms with Crippen molar-refractivity contribution in [1.29, 1.82) is 0 Å². The second-order valence-electron chi connectivity index (χ2n) is 3.43. The maximum Gasteiger partial charge on any atom is 0.219 e. The summed E-state index contributed by atoms with van der Waals surface area (Å²) in [7, 11) is 0. The number of hydrogen-bond acceptors (Lipinski definition) is 4.